The fraction of sp³-hybridized carbons (Fsp3) is 0.722. The number of carboxylic acid groups (broad SMARTS) is 2. The number of amides is 3. The van der Waals surface area contributed by atoms with Gasteiger partial charge in [-0.05, 0) is 37.7 Å². The molecular weight excluding hydrogens is 416 g/mol. The summed E-state index contributed by atoms with van der Waals surface area (Å²) in [6, 6.07) is -4.21. The van der Waals surface area contributed by atoms with Crippen molar-refractivity contribution in [1.82, 2.24) is 16.0 Å². The number of thioether (sulfide) groups is 1. The summed E-state index contributed by atoms with van der Waals surface area (Å²) in [6.07, 6.45) is 1.73. The Morgan fingerprint density at radius 1 is 0.900 bits per heavy atom. The van der Waals surface area contributed by atoms with Gasteiger partial charge >= 0.3 is 11.9 Å². The van der Waals surface area contributed by atoms with Gasteiger partial charge in [-0.1, -0.05) is 13.8 Å². The first-order chi connectivity index (χ1) is 13.9. The number of carbonyl (C=O) groups excluding carboxylic acids is 3. The quantitative estimate of drug-likeness (QED) is 0.197. The summed E-state index contributed by atoms with van der Waals surface area (Å²) < 4.78 is 0. The lowest BCUT2D eigenvalue weighted by molar-refractivity contribution is -0.142. The van der Waals surface area contributed by atoms with Crippen LogP contribution >= 0.6 is 11.8 Å². The summed E-state index contributed by atoms with van der Waals surface area (Å²) in [5.74, 6) is -4.03. The van der Waals surface area contributed by atoms with E-state index in [0.717, 1.165) is 0 Å². The molecule has 172 valence electrons. The van der Waals surface area contributed by atoms with Gasteiger partial charge < -0.3 is 31.9 Å². The molecule has 0 aliphatic heterocycles. The summed E-state index contributed by atoms with van der Waals surface area (Å²) in [5, 5.41) is 25.0. The zero-order valence-corrected chi connectivity index (χ0v) is 18.5. The van der Waals surface area contributed by atoms with E-state index in [2.05, 4.69) is 16.0 Å². The van der Waals surface area contributed by atoms with Crippen molar-refractivity contribution in [2.45, 2.75) is 64.2 Å². The van der Waals surface area contributed by atoms with E-state index in [0.29, 0.717) is 5.75 Å². The number of hydrogen-bond acceptors (Lipinski definition) is 7. The molecule has 7 N–H and O–H groups in total. The van der Waals surface area contributed by atoms with E-state index < -0.39 is 53.8 Å². The third-order valence-corrected chi connectivity index (χ3v) is 4.87. The maximum absolute atomic E-state index is 12.7. The van der Waals surface area contributed by atoms with Gasteiger partial charge in [-0.25, -0.2) is 0 Å². The molecule has 30 heavy (non-hydrogen) atoms. The van der Waals surface area contributed by atoms with Crippen LogP contribution in [0.3, 0.4) is 0 Å². The number of carbonyl (C=O) groups is 5. The predicted molar refractivity (Wildman–Crippen MR) is 112 cm³/mol. The van der Waals surface area contributed by atoms with Crippen molar-refractivity contribution < 1.29 is 34.2 Å². The van der Waals surface area contributed by atoms with Crippen LogP contribution in [0, 0.1) is 5.92 Å². The van der Waals surface area contributed by atoms with E-state index in [4.69, 9.17) is 15.9 Å². The minimum atomic E-state index is -1.21. The first-order valence-corrected chi connectivity index (χ1v) is 10.9. The Hall–Kier alpha value is -2.34. The second kappa shape index (κ2) is 13.8. The number of hydrogen-bond donors (Lipinski definition) is 6. The Kier molecular flexibility index (Phi) is 12.7. The van der Waals surface area contributed by atoms with Crippen LogP contribution < -0.4 is 21.7 Å². The number of aliphatic carboxylic acids is 2. The molecule has 0 aromatic carbocycles. The maximum Gasteiger partial charge on any atom is 0.325 e. The van der Waals surface area contributed by atoms with Crippen LogP contribution in [0.5, 0.6) is 0 Å². The summed E-state index contributed by atoms with van der Waals surface area (Å²) in [4.78, 5) is 59.0. The lowest BCUT2D eigenvalue weighted by Crippen LogP contribution is -2.58. The molecule has 0 fully saturated rings. The first kappa shape index (κ1) is 27.7. The largest absolute Gasteiger partial charge is 0.481 e. The molecule has 0 rings (SSSR count). The van der Waals surface area contributed by atoms with Gasteiger partial charge in [-0.3, -0.25) is 24.0 Å². The molecule has 0 aromatic rings. The molecule has 12 heteroatoms. The third kappa shape index (κ3) is 10.4. The molecule has 0 radical (unpaired) electrons. The van der Waals surface area contributed by atoms with Crippen LogP contribution in [0.25, 0.3) is 0 Å². The molecule has 11 nitrogen and oxygen atoms in total. The molecular formula is C18H32N4O7S. The molecule has 0 heterocycles. The number of nitrogens with one attached hydrogen (secondary N) is 3. The van der Waals surface area contributed by atoms with Crippen LogP contribution in [0.4, 0.5) is 0 Å². The molecule has 3 amide bonds. The fourth-order valence-corrected chi connectivity index (χ4v) is 2.82. The van der Waals surface area contributed by atoms with Crippen molar-refractivity contribution in [3.63, 3.8) is 0 Å². The molecule has 0 saturated carbocycles. The Balaban J connectivity index is 5.20. The van der Waals surface area contributed by atoms with E-state index in [-0.39, 0.29) is 25.2 Å². The van der Waals surface area contributed by atoms with Gasteiger partial charge in [0.2, 0.25) is 17.7 Å². The number of carboxylic acids is 2. The summed E-state index contributed by atoms with van der Waals surface area (Å²) in [6.45, 7) is 4.68. The molecule has 0 aliphatic carbocycles. The molecule has 0 aromatic heterocycles. The van der Waals surface area contributed by atoms with Crippen LogP contribution in [0.15, 0.2) is 0 Å². The van der Waals surface area contributed by atoms with Crippen LogP contribution in [-0.4, -0.2) is 76.0 Å². The van der Waals surface area contributed by atoms with Crippen LogP contribution in [0.2, 0.25) is 0 Å². The van der Waals surface area contributed by atoms with Gasteiger partial charge in [-0.2, -0.15) is 11.8 Å². The highest BCUT2D eigenvalue weighted by molar-refractivity contribution is 7.98. The summed E-state index contributed by atoms with van der Waals surface area (Å²) >= 11 is 1.46. The maximum atomic E-state index is 12.7. The fourth-order valence-electron chi connectivity index (χ4n) is 2.35. The number of rotatable bonds is 14. The van der Waals surface area contributed by atoms with E-state index in [9.17, 15) is 24.0 Å². The molecule has 0 bridgehead atoms. The normalized spacial score (nSPS) is 14.9. The van der Waals surface area contributed by atoms with Crippen LogP contribution in [0.1, 0.15) is 40.0 Å². The second-order valence-electron chi connectivity index (χ2n) is 7.18. The van der Waals surface area contributed by atoms with Gasteiger partial charge in [0.05, 0.1) is 6.04 Å². The Morgan fingerprint density at radius 3 is 1.97 bits per heavy atom. The minimum absolute atomic E-state index is 0.0812. The van der Waals surface area contributed by atoms with Gasteiger partial charge in [0.15, 0.2) is 0 Å². The standard InChI is InChI=1S/C18H32N4O7S/c1-9(2)14(17(27)20-10(3)18(28)29)22-16(26)12(7-8-30-4)21-15(25)11(19)5-6-13(23)24/h9-12,14H,5-8,19H2,1-4H3,(H,20,27)(H,21,25)(H,22,26)(H,23,24)(H,28,29). The summed E-state index contributed by atoms with van der Waals surface area (Å²) in [5.41, 5.74) is 5.69. The SMILES string of the molecule is CSCCC(NC(=O)C(N)CCC(=O)O)C(=O)NC(C(=O)NC(C)C(=O)O)C(C)C. The zero-order valence-electron chi connectivity index (χ0n) is 17.6. The van der Waals surface area contributed by atoms with Crippen molar-refractivity contribution >= 4 is 41.4 Å². The second-order valence-corrected chi connectivity index (χ2v) is 8.17. The van der Waals surface area contributed by atoms with Gasteiger partial charge in [0.1, 0.15) is 18.1 Å². The predicted octanol–water partition coefficient (Wildman–Crippen LogP) is -0.853. The highest BCUT2D eigenvalue weighted by Gasteiger charge is 2.30. The number of nitrogens with two attached hydrogens (primary N) is 1. The van der Waals surface area contributed by atoms with Crippen molar-refractivity contribution in [3.8, 4) is 0 Å². The minimum Gasteiger partial charge on any atom is -0.481 e. The van der Waals surface area contributed by atoms with Gasteiger partial charge in [-0.15, -0.1) is 0 Å². The van der Waals surface area contributed by atoms with Crippen molar-refractivity contribution in [2.75, 3.05) is 12.0 Å². The monoisotopic (exact) mass is 448 g/mol. The average molecular weight is 449 g/mol. The van der Waals surface area contributed by atoms with Gasteiger partial charge in [0, 0.05) is 6.42 Å². The van der Waals surface area contributed by atoms with E-state index in [1.54, 1.807) is 13.8 Å². The molecule has 0 aliphatic rings. The molecule has 4 unspecified atom stereocenters. The molecule has 0 saturated heterocycles. The Labute approximate surface area is 179 Å². The Bertz CT molecular complexity index is 630. The van der Waals surface area contributed by atoms with E-state index in [1.165, 1.54) is 18.7 Å². The van der Waals surface area contributed by atoms with E-state index in [1.807, 2.05) is 6.26 Å². The summed E-state index contributed by atoms with van der Waals surface area (Å²) in [7, 11) is 0. The average Bonchev–Trinajstić information content (AvgIpc) is 2.66. The van der Waals surface area contributed by atoms with Crippen molar-refractivity contribution in [2.24, 2.45) is 11.7 Å². The van der Waals surface area contributed by atoms with Crippen molar-refractivity contribution in [1.29, 1.82) is 0 Å². The van der Waals surface area contributed by atoms with Crippen LogP contribution in [-0.2, 0) is 24.0 Å². The highest BCUT2D eigenvalue weighted by Crippen LogP contribution is 2.07. The molecule has 0 spiro atoms. The van der Waals surface area contributed by atoms with E-state index >= 15 is 0 Å². The topological polar surface area (TPSA) is 188 Å². The third-order valence-electron chi connectivity index (χ3n) is 4.23. The van der Waals surface area contributed by atoms with Crippen molar-refractivity contribution in [3.05, 3.63) is 0 Å². The smallest absolute Gasteiger partial charge is 0.325 e. The lowest BCUT2D eigenvalue weighted by atomic mass is 10.0. The zero-order chi connectivity index (χ0) is 23.4. The van der Waals surface area contributed by atoms with Gasteiger partial charge in [0.25, 0.3) is 0 Å². The lowest BCUT2D eigenvalue weighted by Gasteiger charge is -2.26. The highest BCUT2D eigenvalue weighted by atomic mass is 32.2. The Morgan fingerprint density at radius 2 is 1.50 bits per heavy atom. The molecule has 4 atom stereocenters. The first-order valence-electron chi connectivity index (χ1n) is 9.50.